The highest BCUT2D eigenvalue weighted by Crippen LogP contribution is 2.45. The van der Waals surface area contributed by atoms with Crippen LogP contribution < -0.4 is 9.80 Å². The van der Waals surface area contributed by atoms with Crippen molar-refractivity contribution in [3.05, 3.63) is 139 Å². The Kier molecular flexibility index (Phi) is 26.5. The van der Waals surface area contributed by atoms with Gasteiger partial charge in [0.2, 0.25) is 0 Å². The zero-order valence-corrected chi connectivity index (χ0v) is 66.8. The van der Waals surface area contributed by atoms with Crippen molar-refractivity contribution in [2.24, 2.45) is 10.8 Å². The molecule has 1 atom stereocenters. The topological polar surface area (TPSA) is 182 Å². The second kappa shape index (κ2) is 34.3. The lowest BCUT2D eigenvalue weighted by molar-refractivity contribution is -0.156. The van der Waals surface area contributed by atoms with Crippen molar-refractivity contribution >= 4 is 72.7 Å². The van der Waals surface area contributed by atoms with Gasteiger partial charge in [-0.2, -0.15) is 19.2 Å². The van der Waals surface area contributed by atoms with Crippen LogP contribution in [0.2, 0.25) is 103 Å². The Bertz CT molecular complexity index is 3930. The predicted molar refractivity (Wildman–Crippen MR) is 417 cm³/mol. The van der Waals surface area contributed by atoms with Gasteiger partial charge in [0.05, 0.1) is 53.5 Å². The summed E-state index contributed by atoms with van der Waals surface area (Å²) in [4.78, 5) is 50.1. The van der Waals surface area contributed by atoms with Gasteiger partial charge < -0.3 is 38.2 Å². The van der Waals surface area contributed by atoms with E-state index in [4.69, 9.17) is 58.6 Å². The van der Waals surface area contributed by atoms with E-state index in [1.54, 1.807) is 0 Å². The second-order valence-corrected chi connectivity index (χ2v) is 54.9. The smallest absolute Gasteiger partial charge is 0.312 e. The largest absolute Gasteiger partial charge is 0.466 e. The number of benzene rings is 2. The zero-order valence-electron chi connectivity index (χ0n) is 62.8. The fourth-order valence-electron chi connectivity index (χ4n) is 12.1. The maximum absolute atomic E-state index is 12.9. The maximum atomic E-state index is 12.9. The number of rotatable bonds is 32. The van der Waals surface area contributed by atoms with Gasteiger partial charge in [0.15, 0.2) is 11.3 Å². The molecule has 0 amide bonds. The monoisotopic (exact) mass is 1430 g/mol. The first kappa shape index (κ1) is 77.1. The number of carbonyl (C=O) groups is 2. The Labute approximate surface area is 599 Å². The molecule has 8 aromatic rings. The highest BCUT2D eigenvalue weighted by Gasteiger charge is 2.40. The van der Waals surface area contributed by atoms with Crippen molar-refractivity contribution in [3.8, 4) is 44.8 Å². The molecule has 6 heterocycles. The van der Waals surface area contributed by atoms with E-state index in [1.165, 1.54) is 0 Å². The molecule has 1 unspecified atom stereocenters. The molecule has 0 aliphatic heterocycles. The fourth-order valence-corrected chi connectivity index (χ4v) is 15.1. The van der Waals surface area contributed by atoms with Gasteiger partial charge in [-0.25, -0.2) is 9.97 Å². The SMILES string of the molecule is CCOC(=O)C1(C)CC=C(c2cc(N(COCC[Si](C)(C)C)COCC[Si](C)(C)C)n3ncc(-c4ccc(-c5ccccc5)nc4)c3n2)CC1.CCOC(=O)C1(C)CCC(c2cc(N(COCC[Si](C)(C)C)COCC[Si](C)(C)C)n3ncc(-c4ccc(-c5ccccc5)nc4)c3n2)CC1. The van der Waals surface area contributed by atoms with Crippen LogP contribution in [0.5, 0.6) is 0 Å². The summed E-state index contributed by atoms with van der Waals surface area (Å²) < 4.78 is 40.1. The Morgan fingerprint density at radius 1 is 0.490 bits per heavy atom. The van der Waals surface area contributed by atoms with Gasteiger partial charge in [0.25, 0.3) is 0 Å². The van der Waals surface area contributed by atoms with Gasteiger partial charge in [-0.15, -0.1) is 0 Å². The molecule has 2 aliphatic carbocycles. The number of carbonyl (C=O) groups excluding carboxylic acids is 2. The van der Waals surface area contributed by atoms with Crippen LogP contribution in [0.1, 0.15) is 89.9 Å². The van der Waals surface area contributed by atoms with Crippen LogP contribution in [0.4, 0.5) is 11.6 Å². The fraction of sp³-hybridized carbons (Fsp3) is 0.513. The summed E-state index contributed by atoms with van der Waals surface area (Å²) >= 11 is 0. The standard InChI is InChI=1S/C39H57N5O4Si2.C39H55N5O4Si2/c2*1-9-48-38(45)39(2)19-17-31(18-20-39)35-25-36(43(28-46-21-23-49(3,4)5)29-47-22-24-50(6,7)8)44-37(42-35)33(27-41-44)32-15-16-34(40-26-32)30-13-11-10-12-14-30/h10-16,25-27,31H,9,17-24,28-29H2,1-8H3;10-17,25-27H,9,18-24,28-29H2,1-8H3. The molecule has 2 aliphatic rings. The summed E-state index contributed by atoms with van der Waals surface area (Å²) in [6.07, 6.45) is 15.0. The number of aromatic nitrogens is 8. The van der Waals surface area contributed by atoms with Crippen molar-refractivity contribution in [2.45, 2.75) is 181 Å². The van der Waals surface area contributed by atoms with Crippen LogP contribution in [0.25, 0.3) is 61.6 Å². The molecule has 0 bridgehead atoms. The second-order valence-electron chi connectivity index (χ2n) is 32.5. The third-order valence-electron chi connectivity index (χ3n) is 19.0. The number of pyridine rings is 2. The number of anilines is 2. The van der Waals surface area contributed by atoms with Crippen molar-refractivity contribution in [1.29, 1.82) is 0 Å². The number of nitrogens with zero attached hydrogens (tertiary/aromatic N) is 10. The molecule has 0 N–H and O–H groups in total. The minimum Gasteiger partial charge on any atom is -0.466 e. The van der Waals surface area contributed by atoms with Crippen LogP contribution in [0, 0.1) is 10.8 Å². The molecule has 0 radical (unpaired) electrons. The average molecular weight is 1430 g/mol. The van der Waals surface area contributed by atoms with Gasteiger partial charge in [-0.05, 0) is 115 Å². The maximum Gasteiger partial charge on any atom is 0.312 e. The van der Waals surface area contributed by atoms with E-state index in [1.807, 2.05) is 104 Å². The van der Waals surface area contributed by atoms with Crippen LogP contribution in [-0.2, 0) is 38.0 Å². The van der Waals surface area contributed by atoms with E-state index in [0.717, 1.165) is 135 Å². The zero-order chi connectivity index (χ0) is 71.9. The van der Waals surface area contributed by atoms with Crippen LogP contribution >= 0.6 is 0 Å². The number of hydrogen-bond donors (Lipinski definition) is 0. The Hall–Kier alpha value is -7.03. The normalized spacial score (nSPS) is 17.6. The van der Waals surface area contributed by atoms with Gasteiger partial charge in [-0.1, -0.05) is 157 Å². The Morgan fingerprint density at radius 2 is 0.900 bits per heavy atom. The minimum atomic E-state index is -1.27. The number of esters is 2. The summed E-state index contributed by atoms with van der Waals surface area (Å²) in [6, 6.07) is 37.3. The molecule has 0 saturated heterocycles. The molecule has 10 rings (SSSR count). The molecule has 1 fully saturated rings. The van der Waals surface area contributed by atoms with E-state index >= 15 is 0 Å². The average Bonchev–Trinajstić information content (AvgIpc) is 1.55. The quantitative estimate of drug-likeness (QED) is 0.0168. The van der Waals surface area contributed by atoms with Crippen molar-refractivity contribution in [3.63, 3.8) is 0 Å². The third-order valence-corrected chi connectivity index (χ3v) is 25.8. The van der Waals surface area contributed by atoms with E-state index in [2.05, 4.69) is 149 Å². The van der Waals surface area contributed by atoms with E-state index in [9.17, 15) is 9.59 Å². The van der Waals surface area contributed by atoms with Gasteiger partial charge in [0, 0.05) is 128 Å². The molecule has 538 valence electrons. The first-order valence-electron chi connectivity index (χ1n) is 36.2. The lowest BCUT2D eigenvalue weighted by Gasteiger charge is -2.35. The lowest BCUT2D eigenvalue weighted by atomic mass is 9.71. The molecule has 6 aromatic heterocycles. The molecule has 1 saturated carbocycles. The van der Waals surface area contributed by atoms with Gasteiger partial charge in [0.1, 0.15) is 38.6 Å². The minimum absolute atomic E-state index is 0.0933. The van der Waals surface area contributed by atoms with Crippen molar-refractivity contribution < 1.29 is 38.0 Å². The summed E-state index contributed by atoms with van der Waals surface area (Å²) in [7, 11) is -5.05. The summed E-state index contributed by atoms with van der Waals surface area (Å²) in [5.74, 6) is 1.71. The first-order chi connectivity index (χ1) is 47.5. The summed E-state index contributed by atoms with van der Waals surface area (Å²) in [5.41, 5.74) is 11.2. The van der Waals surface area contributed by atoms with E-state index in [0.29, 0.717) is 85.8 Å². The highest BCUT2D eigenvalue weighted by molar-refractivity contribution is 6.77. The van der Waals surface area contributed by atoms with E-state index < -0.39 is 43.1 Å². The van der Waals surface area contributed by atoms with Crippen molar-refractivity contribution in [2.75, 3.05) is 76.4 Å². The molecule has 2 aromatic carbocycles. The molecule has 22 heteroatoms. The van der Waals surface area contributed by atoms with E-state index in [-0.39, 0.29) is 17.9 Å². The Morgan fingerprint density at radius 3 is 1.28 bits per heavy atom. The lowest BCUT2D eigenvalue weighted by Crippen LogP contribution is -2.34. The summed E-state index contributed by atoms with van der Waals surface area (Å²) in [5, 5.41) is 9.80. The van der Waals surface area contributed by atoms with Crippen LogP contribution in [0.3, 0.4) is 0 Å². The molecule has 0 spiro atoms. The third kappa shape index (κ3) is 21.5. The Balaban J connectivity index is 0.000000233. The first-order valence-corrected chi connectivity index (χ1v) is 51.0. The molecular formula is C78H112N10O8Si4. The van der Waals surface area contributed by atoms with Crippen LogP contribution in [0.15, 0.2) is 128 Å². The predicted octanol–water partition coefficient (Wildman–Crippen LogP) is 18.1. The van der Waals surface area contributed by atoms with Gasteiger partial charge >= 0.3 is 11.9 Å². The van der Waals surface area contributed by atoms with Gasteiger partial charge in [-0.3, -0.25) is 19.6 Å². The van der Waals surface area contributed by atoms with Crippen LogP contribution in [-0.4, -0.2) is 150 Å². The molecule has 100 heavy (non-hydrogen) atoms. The number of fused-ring (bicyclic) bond motifs is 2. The number of hydrogen-bond acceptors (Lipinski definition) is 16. The van der Waals surface area contributed by atoms with Crippen molar-refractivity contribution in [1.82, 2.24) is 39.2 Å². The molecule has 18 nitrogen and oxygen atoms in total. The number of ether oxygens (including phenoxy) is 6. The highest BCUT2D eigenvalue weighted by atomic mass is 28.3. The number of allylic oxidation sites excluding steroid dienone is 2. The summed E-state index contributed by atoms with van der Waals surface area (Å²) in [6.45, 7) is 41.3. The molecular weight excluding hydrogens is 1320 g/mol.